The second-order valence-electron chi connectivity index (χ2n) is 10.5. The number of hydrogen-bond acceptors (Lipinski definition) is 2. The first-order valence-electron chi connectivity index (χ1n) is 14.2. The molecule has 0 radical (unpaired) electrons. The van der Waals surface area contributed by atoms with Crippen LogP contribution >= 0.6 is 0 Å². The Morgan fingerprint density at radius 1 is 0.650 bits per heavy atom. The average molecular weight is 564 g/mol. The fraction of sp³-hybridized carbons (Fsp3) is 0.200. The molecule has 0 bridgehead atoms. The zero-order valence-corrected chi connectivity index (χ0v) is 25.1. The maximum Gasteiger partial charge on any atom is 0.268 e. The first kappa shape index (κ1) is 27.9. The minimum atomic E-state index is -3.91. The van der Waals surface area contributed by atoms with Gasteiger partial charge in [-0.25, -0.2) is 12.4 Å². The van der Waals surface area contributed by atoms with E-state index in [9.17, 15) is 8.42 Å². The van der Waals surface area contributed by atoms with Crippen LogP contribution < -0.4 is 15.7 Å². The fourth-order valence-electron chi connectivity index (χ4n) is 5.67. The second-order valence-corrected chi connectivity index (χ2v) is 16.2. The van der Waals surface area contributed by atoms with Gasteiger partial charge in [0.25, 0.3) is 10.0 Å². The predicted octanol–water partition coefficient (Wildman–Crippen LogP) is 6.61. The van der Waals surface area contributed by atoms with Crippen molar-refractivity contribution in [3.8, 4) is 11.3 Å². The third kappa shape index (κ3) is 5.36. The van der Waals surface area contributed by atoms with Crippen LogP contribution in [0, 0.1) is 0 Å². The Hall–Kier alpha value is -3.67. The third-order valence-electron chi connectivity index (χ3n) is 7.88. The Balaban J connectivity index is 1.88. The van der Waals surface area contributed by atoms with Crippen LogP contribution in [0.25, 0.3) is 11.3 Å². The molecule has 40 heavy (non-hydrogen) atoms. The number of benzene rings is 4. The van der Waals surface area contributed by atoms with Gasteiger partial charge >= 0.3 is 0 Å². The van der Waals surface area contributed by atoms with E-state index in [1.165, 1.54) is 16.8 Å². The molecule has 0 saturated carbocycles. The van der Waals surface area contributed by atoms with Gasteiger partial charge in [-0.05, 0) is 52.5 Å². The molecule has 5 heteroatoms. The number of aryl methyl sites for hydroxylation is 1. The summed E-state index contributed by atoms with van der Waals surface area (Å²) in [5.74, 6) is 0. The third-order valence-corrected chi connectivity index (χ3v) is 14.1. The molecule has 1 heterocycles. The van der Waals surface area contributed by atoms with Gasteiger partial charge in [-0.1, -0.05) is 142 Å². The molecule has 0 atom stereocenters. The van der Waals surface area contributed by atoms with Crippen molar-refractivity contribution in [2.45, 2.75) is 50.5 Å². The van der Waals surface area contributed by atoms with E-state index >= 15 is 0 Å². The van der Waals surface area contributed by atoms with Gasteiger partial charge in [0.1, 0.15) is 0 Å². The standard InChI is InChI=1S/C35H37NO2SSi/c1-3-4-5-10-21-30-28-34(40(2,32-24-15-8-16-25-32)33-26-17-9-18-27-33)36(35(30)29-19-11-6-12-20-29)39(37,38)31-22-13-7-14-23-31/h6-9,11-20,22-28H,3-5,10,21H2,1-2H3. The molecule has 0 unspecified atom stereocenters. The van der Waals surface area contributed by atoms with E-state index in [-0.39, 0.29) is 0 Å². The molecule has 3 nitrogen and oxygen atoms in total. The van der Waals surface area contributed by atoms with Crippen LogP contribution in [0.2, 0.25) is 6.55 Å². The lowest BCUT2D eigenvalue weighted by atomic mass is 10.0. The van der Waals surface area contributed by atoms with Crippen LogP contribution in [0.3, 0.4) is 0 Å². The highest BCUT2D eigenvalue weighted by molar-refractivity contribution is 7.90. The lowest BCUT2D eigenvalue weighted by Crippen LogP contribution is -2.67. The summed E-state index contributed by atoms with van der Waals surface area (Å²) in [6, 6.07) is 42.1. The first-order chi connectivity index (χ1) is 19.5. The number of aromatic nitrogens is 1. The lowest BCUT2D eigenvalue weighted by molar-refractivity contribution is 0.589. The van der Waals surface area contributed by atoms with Crippen molar-refractivity contribution in [3.63, 3.8) is 0 Å². The molecule has 0 N–H and O–H groups in total. The Bertz CT molecular complexity index is 1590. The Morgan fingerprint density at radius 3 is 1.68 bits per heavy atom. The summed E-state index contributed by atoms with van der Waals surface area (Å²) in [6.45, 7) is 4.51. The van der Waals surface area contributed by atoms with E-state index in [0.717, 1.165) is 47.8 Å². The van der Waals surface area contributed by atoms with Gasteiger partial charge < -0.3 is 0 Å². The van der Waals surface area contributed by atoms with Crippen LogP contribution in [0.15, 0.2) is 132 Å². The molecular weight excluding hydrogens is 527 g/mol. The van der Waals surface area contributed by atoms with Crippen LogP contribution in [0.1, 0.15) is 38.2 Å². The summed E-state index contributed by atoms with van der Waals surface area (Å²) in [4.78, 5) is 0.305. The molecule has 0 saturated heterocycles. The highest BCUT2D eigenvalue weighted by atomic mass is 32.2. The van der Waals surface area contributed by atoms with Crippen molar-refractivity contribution in [2.75, 3.05) is 0 Å². The quantitative estimate of drug-likeness (QED) is 0.134. The van der Waals surface area contributed by atoms with Crippen molar-refractivity contribution in [2.24, 2.45) is 0 Å². The Labute approximate surface area is 240 Å². The van der Waals surface area contributed by atoms with E-state index in [1.54, 1.807) is 28.2 Å². The maximum atomic E-state index is 14.7. The number of hydrogen-bond donors (Lipinski definition) is 0. The Morgan fingerprint density at radius 2 is 1.15 bits per heavy atom. The number of unbranched alkanes of at least 4 members (excludes halogenated alkanes) is 3. The topological polar surface area (TPSA) is 39.1 Å². The molecule has 0 amide bonds. The van der Waals surface area contributed by atoms with Crippen molar-refractivity contribution in [3.05, 3.63) is 133 Å². The van der Waals surface area contributed by atoms with Gasteiger partial charge in [-0.15, -0.1) is 0 Å². The van der Waals surface area contributed by atoms with Crippen molar-refractivity contribution in [1.29, 1.82) is 0 Å². The van der Waals surface area contributed by atoms with E-state index in [1.807, 2.05) is 48.5 Å². The molecule has 5 aromatic rings. The van der Waals surface area contributed by atoms with E-state index in [4.69, 9.17) is 0 Å². The molecule has 1 aromatic heterocycles. The molecule has 5 rings (SSSR count). The summed E-state index contributed by atoms with van der Waals surface area (Å²) in [7, 11) is -6.69. The van der Waals surface area contributed by atoms with E-state index in [2.05, 4.69) is 68.1 Å². The van der Waals surface area contributed by atoms with Crippen molar-refractivity contribution < 1.29 is 8.42 Å². The smallest absolute Gasteiger partial charge is 0.241 e. The monoisotopic (exact) mass is 563 g/mol. The van der Waals surface area contributed by atoms with Crippen LogP contribution in [-0.4, -0.2) is 20.5 Å². The molecule has 204 valence electrons. The SMILES string of the molecule is CCCCCCc1cc([Si](C)(c2ccccc2)c2ccccc2)n(S(=O)(=O)c2ccccc2)c1-c1ccccc1. The van der Waals surface area contributed by atoms with Crippen LogP contribution in [-0.2, 0) is 16.4 Å². The van der Waals surface area contributed by atoms with Gasteiger partial charge in [0.15, 0.2) is 8.07 Å². The molecule has 0 aliphatic rings. The summed E-state index contributed by atoms with van der Waals surface area (Å²) in [5, 5.41) is 3.25. The van der Waals surface area contributed by atoms with E-state index < -0.39 is 18.1 Å². The highest BCUT2D eigenvalue weighted by Crippen LogP contribution is 2.31. The van der Waals surface area contributed by atoms with E-state index in [0.29, 0.717) is 4.90 Å². The summed E-state index contributed by atoms with van der Waals surface area (Å²) >= 11 is 0. The van der Waals surface area contributed by atoms with Gasteiger partial charge in [-0.3, -0.25) is 0 Å². The van der Waals surface area contributed by atoms with Gasteiger partial charge in [0.2, 0.25) is 0 Å². The number of nitrogens with zero attached hydrogens (tertiary/aromatic N) is 1. The second kappa shape index (κ2) is 12.2. The van der Waals surface area contributed by atoms with Gasteiger partial charge in [-0.2, -0.15) is 0 Å². The zero-order chi connectivity index (χ0) is 28.0. The number of rotatable bonds is 11. The maximum absolute atomic E-state index is 14.7. The Kier molecular flexibility index (Phi) is 8.53. The molecule has 0 aliphatic carbocycles. The van der Waals surface area contributed by atoms with Crippen molar-refractivity contribution >= 4 is 33.8 Å². The van der Waals surface area contributed by atoms with Crippen LogP contribution in [0.5, 0.6) is 0 Å². The molecule has 4 aromatic carbocycles. The normalized spacial score (nSPS) is 11.9. The first-order valence-corrected chi connectivity index (χ1v) is 18.1. The van der Waals surface area contributed by atoms with Gasteiger partial charge in [0, 0.05) is 5.32 Å². The fourth-order valence-corrected chi connectivity index (χ4v) is 11.7. The van der Waals surface area contributed by atoms with Crippen molar-refractivity contribution in [1.82, 2.24) is 3.97 Å². The minimum Gasteiger partial charge on any atom is -0.241 e. The lowest BCUT2D eigenvalue weighted by Gasteiger charge is -2.30. The molecular formula is C35H37NO2SSi. The van der Waals surface area contributed by atoms with Crippen LogP contribution in [0.4, 0.5) is 0 Å². The highest BCUT2D eigenvalue weighted by Gasteiger charge is 2.41. The average Bonchev–Trinajstić information content (AvgIpc) is 3.41. The minimum absolute atomic E-state index is 0.305. The summed E-state index contributed by atoms with van der Waals surface area (Å²) in [6.07, 6.45) is 5.33. The largest absolute Gasteiger partial charge is 0.268 e. The predicted molar refractivity (Wildman–Crippen MR) is 170 cm³/mol. The molecule has 0 spiro atoms. The molecule has 0 aliphatic heterocycles. The van der Waals surface area contributed by atoms with Gasteiger partial charge in [0.05, 0.1) is 10.6 Å². The zero-order valence-electron chi connectivity index (χ0n) is 23.3. The summed E-state index contributed by atoms with van der Waals surface area (Å²) in [5.41, 5.74) is 2.82. The summed E-state index contributed by atoms with van der Waals surface area (Å²) < 4.78 is 31.2. The molecule has 0 fully saturated rings.